The fourth-order valence-electron chi connectivity index (χ4n) is 13.5. The molecule has 0 aromatic carbocycles. The van der Waals surface area contributed by atoms with Crippen LogP contribution in [0.25, 0.3) is 0 Å². The molecule has 89 heavy (non-hydrogen) atoms. The Hall–Kier alpha value is -1.40. The Morgan fingerprint density at radius 1 is 0.303 bits per heavy atom. The van der Waals surface area contributed by atoms with Crippen LogP contribution in [0.3, 0.4) is 0 Å². The fourth-order valence-corrected chi connectivity index (χ4v) is 13.5. The molecular formula is C83H163NO5. The molecule has 0 aliphatic heterocycles. The van der Waals surface area contributed by atoms with Gasteiger partial charge in [0.25, 0.3) is 0 Å². The SMILES string of the molecule is CCCCCCCCCCCCCCCCCCCCCCCCC(O)C(CO)NC(=O)CCCCCCCCCCCCCCCCC/C=C\CCCCCCCCCCCCCCOC(=O)CCCCCCCCCCCCCCCCCCCCC. The Morgan fingerprint density at radius 3 is 0.798 bits per heavy atom. The van der Waals surface area contributed by atoms with E-state index >= 15 is 0 Å². The normalized spacial score (nSPS) is 12.4. The lowest BCUT2D eigenvalue weighted by atomic mass is 10.0. The van der Waals surface area contributed by atoms with Crippen LogP contribution in [-0.2, 0) is 14.3 Å². The average Bonchev–Trinajstić information content (AvgIpc) is 3.63. The summed E-state index contributed by atoms with van der Waals surface area (Å²) in [6.45, 7) is 5.02. The maximum Gasteiger partial charge on any atom is 0.305 e. The van der Waals surface area contributed by atoms with Gasteiger partial charge in [-0.25, -0.2) is 0 Å². The van der Waals surface area contributed by atoms with Crippen LogP contribution in [0.2, 0.25) is 0 Å². The molecule has 0 bridgehead atoms. The summed E-state index contributed by atoms with van der Waals surface area (Å²) < 4.78 is 5.52. The van der Waals surface area contributed by atoms with Crippen LogP contribution in [-0.4, -0.2) is 47.4 Å². The van der Waals surface area contributed by atoms with Crippen molar-refractivity contribution in [3.05, 3.63) is 12.2 Å². The lowest BCUT2D eigenvalue weighted by Crippen LogP contribution is -2.45. The number of hydrogen-bond donors (Lipinski definition) is 3. The Kier molecular flexibility index (Phi) is 77.8. The third-order valence-electron chi connectivity index (χ3n) is 19.8. The van der Waals surface area contributed by atoms with Crippen molar-refractivity contribution in [2.75, 3.05) is 13.2 Å². The molecule has 0 aliphatic rings. The van der Waals surface area contributed by atoms with Crippen molar-refractivity contribution in [2.24, 2.45) is 0 Å². The number of allylic oxidation sites excluding steroid dienone is 2. The molecule has 2 atom stereocenters. The predicted octanol–water partition coefficient (Wildman–Crippen LogP) is 27.4. The highest BCUT2D eigenvalue weighted by atomic mass is 16.5. The molecule has 3 N–H and O–H groups in total. The highest BCUT2D eigenvalue weighted by Gasteiger charge is 2.20. The van der Waals surface area contributed by atoms with E-state index in [0.29, 0.717) is 25.9 Å². The summed E-state index contributed by atoms with van der Waals surface area (Å²) >= 11 is 0. The Labute approximate surface area is 559 Å². The van der Waals surface area contributed by atoms with Crippen LogP contribution >= 0.6 is 0 Å². The van der Waals surface area contributed by atoms with Gasteiger partial charge in [0.15, 0.2) is 0 Å². The first kappa shape index (κ1) is 87.6. The monoisotopic (exact) mass is 1250 g/mol. The summed E-state index contributed by atoms with van der Waals surface area (Å²) in [7, 11) is 0. The van der Waals surface area contributed by atoms with Crippen molar-refractivity contribution >= 4 is 11.9 Å². The molecule has 0 rings (SSSR count). The zero-order valence-corrected chi connectivity index (χ0v) is 61.0. The fraction of sp³-hybridized carbons (Fsp3) is 0.952. The van der Waals surface area contributed by atoms with Crippen LogP contribution < -0.4 is 5.32 Å². The molecule has 0 radical (unpaired) electrons. The van der Waals surface area contributed by atoms with Gasteiger partial charge in [-0.2, -0.15) is 0 Å². The van der Waals surface area contributed by atoms with Crippen LogP contribution in [0, 0.1) is 0 Å². The molecule has 6 nitrogen and oxygen atoms in total. The predicted molar refractivity (Wildman–Crippen MR) is 394 cm³/mol. The van der Waals surface area contributed by atoms with E-state index in [1.807, 2.05) is 0 Å². The van der Waals surface area contributed by atoms with Gasteiger partial charge < -0.3 is 20.3 Å². The molecule has 0 heterocycles. The number of esters is 1. The van der Waals surface area contributed by atoms with Crippen molar-refractivity contribution in [1.29, 1.82) is 0 Å². The van der Waals surface area contributed by atoms with Gasteiger partial charge in [-0.15, -0.1) is 0 Å². The first-order valence-electron chi connectivity index (χ1n) is 41.4. The zero-order valence-electron chi connectivity index (χ0n) is 61.0. The molecule has 0 saturated carbocycles. The average molecular weight is 1260 g/mol. The van der Waals surface area contributed by atoms with E-state index in [4.69, 9.17) is 4.74 Å². The number of hydrogen-bond acceptors (Lipinski definition) is 5. The van der Waals surface area contributed by atoms with E-state index in [-0.39, 0.29) is 18.5 Å². The third kappa shape index (κ3) is 75.5. The zero-order chi connectivity index (χ0) is 64.2. The van der Waals surface area contributed by atoms with E-state index in [0.717, 1.165) is 38.5 Å². The molecule has 0 fully saturated rings. The van der Waals surface area contributed by atoms with E-state index in [9.17, 15) is 19.8 Å². The van der Waals surface area contributed by atoms with Crippen LogP contribution in [0.15, 0.2) is 12.2 Å². The van der Waals surface area contributed by atoms with Gasteiger partial charge in [-0.1, -0.05) is 431 Å². The maximum absolute atomic E-state index is 12.6. The highest BCUT2D eigenvalue weighted by molar-refractivity contribution is 5.76. The van der Waals surface area contributed by atoms with Gasteiger partial charge >= 0.3 is 5.97 Å². The van der Waals surface area contributed by atoms with Crippen molar-refractivity contribution < 1.29 is 24.5 Å². The van der Waals surface area contributed by atoms with Gasteiger partial charge in [0.1, 0.15) is 0 Å². The second kappa shape index (κ2) is 79.0. The first-order chi connectivity index (χ1) is 44.0. The lowest BCUT2D eigenvalue weighted by molar-refractivity contribution is -0.143. The minimum Gasteiger partial charge on any atom is -0.466 e. The topological polar surface area (TPSA) is 95.9 Å². The van der Waals surface area contributed by atoms with E-state index in [1.165, 1.54) is 411 Å². The summed E-state index contributed by atoms with van der Waals surface area (Å²) in [5.41, 5.74) is 0. The Balaban J connectivity index is 3.34. The van der Waals surface area contributed by atoms with Gasteiger partial charge in [0, 0.05) is 12.8 Å². The molecule has 0 spiro atoms. The Bertz CT molecular complexity index is 1350. The molecular weight excluding hydrogens is 1090 g/mol. The first-order valence-corrected chi connectivity index (χ1v) is 41.4. The van der Waals surface area contributed by atoms with Crippen molar-refractivity contribution in [3.63, 3.8) is 0 Å². The van der Waals surface area contributed by atoms with Gasteiger partial charge in [-0.05, 0) is 51.4 Å². The van der Waals surface area contributed by atoms with E-state index in [2.05, 4.69) is 31.3 Å². The highest BCUT2D eigenvalue weighted by Crippen LogP contribution is 2.21. The molecule has 0 aromatic heterocycles. The van der Waals surface area contributed by atoms with Crippen LogP contribution in [0.4, 0.5) is 0 Å². The summed E-state index contributed by atoms with van der Waals surface area (Å²) in [5, 5.41) is 23.5. The Morgan fingerprint density at radius 2 is 0.528 bits per heavy atom. The number of unbranched alkanes of at least 4 members (excludes halogenated alkanes) is 66. The van der Waals surface area contributed by atoms with Crippen LogP contribution in [0.5, 0.6) is 0 Å². The van der Waals surface area contributed by atoms with Gasteiger partial charge in [-0.3, -0.25) is 9.59 Å². The van der Waals surface area contributed by atoms with Gasteiger partial charge in [0.2, 0.25) is 5.91 Å². The standard InChI is InChI=1S/C83H163NO5/c1-3-5-7-9-11-13-15-17-19-21-23-24-36-40-43-47-51-55-59-63-67-71-75-81(86)80(79-85)84-82(87)76-72-68-64-60-56-52-48-44-41-37-34-32-30-28-26-25-27-29-31-33-35-38-42-46-50-54-58-62-66-70-74-78-89-83(88)77-73-69-65-61-57-53-49-45-39-22-20-18-16-14-12-10-8-6-4-2/h27,29,80-81,85-86H,3-26,28,30-79H2,1-2H3,(H,84,87)/b29-27-. The largest absolute Gasteiger partial charge is 0.466 e. The van der Waals surface area contributed by atoms with Crippen molar-refractivity contribution in [2.45, 2.75) is 495 Å². The number of carbonyl (C=O) groups excluding carboxylic acids is 2. The number of amides is 1. The van der Waals surface area contributed by atoms with Crippen molar-refractivity contribution in [1.82, 2.24) is 5.32 Å². The number of rotatable bonds is 79. The summed E-state index contributed by atoms with van der Waals surface area (Å²) in [6, 6.07) is -0.541. The summed E-state index contributed by atoms with van der Waals surface area (Å²) in [6.07, 6.45) is 100. The number of aliphatic hydroxyl groups is 2. The molecule has 6 heteroatoms. The molecule has 530 valence electrons. The van der Waals surface area contributed by atoms with E-state index in [1.54, 1.807) is 0 Å². The second-order valence-corrected chi connectivity index (χ2v) is 28.8. The van der Waals surface area contributed by atoms with Crippen molar-refractivity contribution in [3.8, 4) is 0 Å². The van der Waals surface area contributed by atoms with Gasteiger partial charge in [0.05, 0.1) is 25.4 Å². The number of aliphatic hydroxyl groups excluding tert-OH is 2. The third-order valence-corrected chi connectivity index (χ3v) is 19.8. The summed E-state index contributed by atoms with van der Waals surface area (Å²) in [4.78, 5) is 24.7. The summed E-state index contributed by atoms with van der Waals surface area (Å²) in [5.74, 6) is -0.00282. The smallest absolute Gasteiger partial charge is 0.305 e. The maximum atomic E-state index is 12.6. The minimum absolute atomic E-state index is 0.0240. The number of carbonyl (C=O) groups is 2. The van der Waals surface area contributed by atoms with E-state index < -0.39 is 12.1 Å². The molecule has 0 saturated heterocycles. The quantitative estimate of drug-likeness (QED) is 0.0320. The minimum atomic E-state index is -0.664. The molecule has 0 aromatic rings. The second-order valence-electron chi connectivity index (χ2n) is 28.8. The number of ether oxygens (including phenoxy) is 1. The lowest BCUT2D eigenvalue weighted by Gasteiger charge is -2.22. The number of nitrogens with one attached hydrogen (secondary N) is 1. The van der Waals surface area contributed by atoms with Crippen LogP contribution in [0.1, 0.15) is 483 Å². The molecule has 0 aliphatic carbocycles. The molecule has 2 unspecified atom stereocenters. The molecule has 1 amide bonds.